The van der Waals surface area contributed by atoms with Crippen LogP contribution in [0.5, 0.6) is 0 Å². The Bertz CT molecular complexity index is 766. The molecule has 3 rings (SSSR count). The number of rotatable bonds is 7. The fourth-order valence-electron chi connectivity index (χ4n) is 3.74. The summed E-state index contributed by atoms with van der Waals surface area (Å²) in [4.78, 5) is 14.9. The van der Waals surface area contributed by atoms with Gasteiger partial charge in [-0.15, -0.1) is 0 Å². The molecule has 28 heavy (non-hydrogen) atoms. The topological polar surface area (TPSA) is 50.8 Å². The zero-order valence-electron chi connectivity index (χ0n) is 17.0. The average molecular weight is 383 g/mol. The number of hydrogen-bond donors (Lipinski definition) is 1. The van der Waals surface area contributed by atoms with Crippen molar-refractivity contribution in [3.05, 3.63) is 70.8 Å². The van der Waals surface area contributed by atoms with Crippen LogP contribution in [0, 0.1) is 0 Å². The van der Waals surface area contributed by atoms with Gasteiger partial charge in [0.15, 0.2) is 0 Å². The third-order valence-corrected chi connectivity index (χ3v) is 4.97. The van der Waals surface area contributed by atoms with Gasteiger partial charge in [0.05, 0.1) is 18.8 Å². The summed E-state index contributed by atoms with van der Waals surface area (Å²) in [5, 5.41) is 3.05. The van der Waals surface area contributed by atoms with Gasteiger partial charge < -0.3 is 14.8 Å². The highest BCUT2D eigenvalue weighted by molar-refractivity contribution is 5.94. The van der Waals surface area contributed by atoms with Gasteiger partial charge in [-0.3, -0.25) is 9.69 Å². The largest absolute Gasteiger partial charge is 0.380 e. The highest BCUT2D eigenvalue weighted by Gasteiger charge is 2.22. The van der Waals surface area contributed by atoms with Gasteiger partial charge in [-0.05, 0) is 42.7 Å². The predicted octanol–water partition coefficient (Wildman–Crippen LogP) is 3.37. The smallest absolute Gasteiger partial charge is 0.251 e. The number of carbonyl (C=O) groups is 1. The fraction of sp³-hybridized carbons (Fsp3) is 0.435. The maximum atomic E-state index is 12.5. The maximum Gasteiger partial charge on any atom is 0.251 e. The quantitative estimate of drug-likeness (QED) is 0.798. The van der Waals surface area contributed by atoms with E-state index in [1.807, 2.05) is 30.3 Å². The van der Waals surface area contributed by atoms with Crippen molar-refractivity contribution in [2.45, 2.75) is 45.8 Å². The molecule has 2 aromatic rings. The van der Waals surface area contributed by atoms with Crippen LogP contribution in [0.3, 0.4) is 0 Å². The third kappa shape index (κ3) is 5.64. The zero-order valence-corrected chi connectivity index (χ0v) is 17.0. The Kier molecular flexibility index (Phi) is 7.20. The van der Waals surface area contributed by atoms with Gasteiger partial charge in [-0.25, -0.2) is 0 Å². The molecule has 1 heterocycles. The minimum Gasteiger partial charge on any atom is -0.380 e. The van der Waals surface area contributed by atoms with Crippen LogP contribution in [0.1, 0.15) is 40.9 Å². The summed E-state index contributed by atoms with van der Waals surface area (Å²) in [6.45, 7) is 8.03. The molecule has 1 aliphatic heterocycles. The molecule has 5 nitrogen and oxygen atoms in total. The Labute approximate surface area is 167 Å². The Morgan fingerprint density at radius 1 is 1.07 bits per heavy atom. The lowest BCUT2D eigenvalue weighted by Gasteiger charge is -2.35. The van der Waals surface area contributed by atoms with Crippen LogP contribution >= 0.6 is 0 Å². The molecule has 150 valence electrons. The minimum absolute atomic E-state index is 0.0626. The number of carbonyl (C=O) groups excluding carboxylic acids is 1. The Balaban J connectivity index is 1.60. The Morgan fingerprint density at radius 3 is 2.36 bits per heavy atom. The van der Waals surface area contributed by atoms with Gasteiger partial charge in [0.25, 0.3) is 5.91 Å². The van der Waals surface area contributed by atoms with Gasteiger partial charge >= 0.3 is 0 Å². The molecule has 0 bridgehead atoms. The zero-order chi connectivity index (χ0) is 19.9. The first-order valence-electron chi connectivity index (χ1n) is 9.86. The molecule has 0 aliphatic carbocycles. The molecule has 1 aliphatic rings. The van der Waals surface area contributed by atoms with Crippen molar-refractivity contribution in [2.24, 2.45) is 0 Å². The van der Waals surface area contributed by atoms with Crippen LogP contribution in [0.15, 0.2) is 48.5 Å². The number of methoxy groups -OCH3 is 1. The Hall–Kier alpha value is -2.21. The molecule has 1 amide bonds. The van der Waals surface area contributed by atoms with Crippen LogP contribution < -0.4 is 5.32 Å². The van der Waals surface area contributed by atoms with Gasteiger partial charge in [0.2, 0.25) is 0 Å². The van der Waals surface area contributed by atoms with Crippen molar-refractivity contribution in [1.82, 2.24) is 10.2 Å². The summed E-state index contributed by atoms with van der Waals surface area (Å²) in [7, 11) is 1.66. The van der Waals surface area contributed by atoms with Crippen molar-refractivity contribution < 1.29 is 14.3 Å². The molecule has 0 radical (unpaired) electrons. The maximum absolute atomic E-state index is 12.5. The number of amides is 1. The minimum atomic E-state index is -0.0626. The number of nitrogens with one attached hydrogen (secondary N) is 1. The Morgan fingerprint density at radius 2 is 1.71 bits per heavy atom. The molecular formula is C23H30N2O3. The summed E-state index contributed by atoms with van der Waals surface area (Å²) in [6, 6.07) is 15.8. The summed E-state index contributed by atoms with van der Waals surface area (Å²) in [5.74, 6) is -0.0626. The molecule has 2 atom stereocenters. The first-order valence-corrected chi connectivity index (χ1v) is 9.86. The van der Waals surface area contributed by atoms with Crippen molar-refractivity contribution in [3.63, 3.8) is 0 Å². The molecule has 2 unspecified atom stereocenters. The molecule has 2 aromatic carbocycles. The number of morpholine rings is 1. The highest BCUT2D eigenvalue weighted by Crippen LogP contribution is 2.17. The molecule has 5 heteroatoms. The van der Waals surface area contributed by atoms with Crippen LogP contribution in [0.4, 0.5) is 0 Å². The van der Waals surface area contributed by atoms with Gasteiger partial charge in [0, 0.05) is 38.9 Å². The van der Waals surface area contributed by atoms with Crippen LogP contribution in [0.2, 0.25) is 0 Å². The summed E-state index contributed by atoms with van der Waals surface area (Å²) >= 11 is 0. The standard InChI is InChI=1S/C23H30N2O3/c1-17-13-25(14-18(2)28-17)15-22-7-5-4-6-21(22)12-24-23(26)20-10-8-19(9-11-20)16-27-3/h4-11,17-18H,12-16H2,1-3H3,(H,24,26). The van der Waals surface area contributed by atoms with E-state index in [4.69, 9.17) is 9.47 Å². The SMILES string of the molecule is COCc1ccc(C(=O)NCc2ccccc2CN2CC(C)OC(C)C2)cc1. The molecule has 0 spiro atoms. The average Bonchev–Trinajstić information content (AvgIpc) is 2.67. The lowest BCUT2D eigenvalue weighted by Crippen LogP contribution is -2.45. The summed E-state index contributed by atoms with van der Waals surface area (Å²) in [5.41, 5.74) is 4.12. The van der Waals surface area contributed by atoms with E-state index in [9.17, 15) is 4.79 Å². The van der Waals surface area contributed by atoms with E-state index in [0.717, 1.165) is 30.8 Å². The second-order valence-electron chi connectivity index (χ2n) is 7.53. The lowest BCUT2D eigenvalue weighted by molar-refractivity contribution is -0.0705. The first-order chi connectivity index (χ1) is 13.5. The molecule has 1 N–H and O–H groups in total. The second kappa shape index (κ2) is 9.82. The van der Waals surface area contributed by atoms with E-state index in [-0.39, 0.29) is 18.1 Å². The molecular weight excluding hydrogens is 352 g/mol. The van der Waals surface area contributed by atoms with E-state index < -0.39 is 0 Å². The van der Waals surface area contributed by atoms with E-state index >= 15 is 0 Å². The van der Waals surface area contributed by atoms with Crippen LogP contribution in [-0.2, 0) is 29.2 Å². The van der Waals surface area contributed by atoms with E-state index in [1.54, 1.807) is 7.11 Å². The van der Waals surface area contributed by atoms with Gasteiger partial charge in [0.1, 0.15) is 0 Å². The van der Waals surface area contributed by atoms with Crippen molar-refractivity contribution in [2.75, 3.05) is 20.2 Å². The fourth-order valence-corrected chi connectivity index (χ4v) is 3.74. The summed E-state index contributed by atoms with van der Waals surface area (Å²) in [6.07, 6.45) is 0.494. The third-order valence-electron chi connectivity index (χ3n) is 4.97. The van der Waals surface area contributed by atoms with Gasteiger partial charge in [-0.1, -0.05) is 36.4 Å². The highest BCUT2D eigenvalue weighted by atomic mass is 16.5. The molecule has 1 fully saturated rings. The molecule has 0 saturated carbocycles. The number of nitrogens with zero attached hydrogens (tertiary/aromatic N) is 1. The monoisotopic (exact) mass is 382 g/mol. The summed E-state index contributed by atoms with van der Waals surface area (Å²) < 4.78 is 10.9. The number of ether oxygens (including phenoxy) is 2. The number of hydrogen-bond acceptors (Lipinski definition) is 4. The molecule has 0 aromatic heterocycles. The van der Waals surface area contributed by atoms with E-state index in [2.05, 4.69) is 42.3 Å². The van der Waals surface area contributed by atoms with Gasteiger partial charge in [-0.2, -0.15) is 0 Å². The van der Waals surface area contributed by atoms with Crippen LogP contribution in [0.25, 0.3) is 0 Å². The van der Waals surface area contributed by atoms with Crippen molar-refractivity contribution in [3.8, 4) is 0 Å². The van der Waals surface area contributed by atoms with Crippen LogP contribution in [-0.4, -0.2) is 43.2 Å². The molecule has 1 saturated heterocycles. The second-order valence-corrected chi connectivity index (χ2v) is 7.53. The predicted molar refractivity (Wildman–Crippen MR) is 110 cm³/mol. The van der Waals surface area contributed by atoms with Crippen molar-refractivity contribution in [1.29, 1.82) is 0 Å². The first kappa shape index (κ1) is 20.5. The normalized spacial score (nSPS) is 20.1. The lowest BCUT2D eigenvalue weighted by atomic mass is 10.1. The van der Waals surface area contributed by atoms with Crippen molar-refractivity contribution >= 4 is 5.91 Å². The van der Waals surface area contributed by atoms with E-state index in [1.165, 1.54) is 5.56 Å². The van der Waals surface area contributed by atoms with E-state index in [0.29, 0.717) is 18.7 Å². The number of benzene rings is 2.